The van der Waals surface area contributed by atoms with Crippen LogP contribution in [0.15, 0.2) is 29.3 Å². The second-order valence-electron chi connectivity index (χ2n) is 6.89. The molecule has 1 unspecified atom stereocenters. The minimum absolute atomic E-state index is 0.401. The van der Waals surface area contributed by atoms with Crippen molar-refractivity contribution in [1.82, 2.24) is 4.98 Å². The number of thioether (sulfide) groups is 1. The van der Waals surface area contributed by atoms with E-state index >= 15 is 0 Å². The molecule has 1 aliphatic rings. The number of hydrogen-bond donors (Lipinski definition) is 1. The van der Waals surface area contributed by atoms with Gasteiger partial charge in [-0.05, 0) is 36.0 Å². The van der Waals surface area contributed by atoms with E-state index in [4.69, 9.17) is 4.98 Å². The zero-order chi connectivity index (χ0) is 20.1. The van der Waals surface area contributed by atoms with Crippen molar-refractivity contribution in [2.45, 2.75) is 50.0 Å². The molecule has 1 N–H and O–H groups in total. The monoisotopic (exact) mass is 392 g/mol. The van der Waals surface area contributed by atoms with Crippen LogP contribution in [0, 0.1) is 22.7 Å². The highest BCUT2D eigenvalue weighted by atomic mass is 32.2. The van der Waals surface area contributed by atoms with Gasteiger partial charge in [0.1, 0.15) is 23.0 Å². The van der Waals surface area contributed by atoms with Crippen LogP contribution in [-0.4, -0.2) is 29.3 Å². The first-order chi connectivity index (χ1) is 13.6. The first kappa shape index (κ1) is 20.2. The summed E-state index contributed by atoms with van der Waals surface area (Å²) in [5.41, 5.74) is 4.18. The van der Waals surface area contributed by atoms with Crippen LogP contribution in [0.5, 0.6) is 0 Å². The van der Waals surface area contributed by atoms with Crippen LogP contribution in [0.1, 0.15) is 48.1 Å². The second kappa shape index (κ2) is 9.10. The normalized spacial score (nSPS) is 16.0. The summed E-state index contributed by atoms with van der Waals surface area (Å²) < 4.78 is 0. The average Bonchev–Trinajstić information content (AvgIpc) is 3.17. The topological polar surface area (TPSA) is 83.9 Å². The number of anilines is 1. The second-order valence-corrected chi connectivity index (χ2v) is 7.86. The lowest BCUT2D eigenvalue weighted by Gasteiger charge is -2.21. The smallest absolute Gasteiger partial charge is 0.148 e. The summed E-state index contributed by atoms with van der Waals surface area (Å²) in [4.78, 5) is 6.68. The van der Waals surface area contributed by atoms with Crippen molar-refractivity contribution in [3.63, 3.8) is 0 Å². The van der Waals surface area contributed by atoms with Crippen LogP contribution < -0.4 is 4.90 Å². The number of aliphatic hydroxyl groups is 1. The lowest BCUT2D eigenvalue weighted by atomic mass is 10.0. The van der Waals surface area contributed by atoms with Gasteiger partial charge < -0.3 is 10.0 Å². The molecule has 5 nitrogen and oxygen atoms in total. The highest BCUT2D eigenvalue weighted by molar-refractivity contribution is 7.98. The van der Waals surface area contributed by atoms with E-state index in [2.05, 4.69) is 43.3 Å². The maximum absolute atomic E-state index is 9.91. The zero-order valence-corrected chi connectivity index (χ0v) is 17.1. The summed E-state index contributed by atoms with van der Waals surface area (Å²) in [5.74, 6) is 1.31. The van der Waals surface area contributed by atoms with Crippen LogP contribution in [-0.2, 0) is 18.6 Å². The molecule has 0 radical (unpaired) electrons. The van der Waals surface area contributed by atoms with Gasteiger partial charge in [-0.2, -0.15) is 10.5 Å². The average molecular weight is 393 g/mol. The molecule has 2 heterocycles. The fourth-order valence-electron chi connectivity index (χ4n) is 3.47. The summed E-state index contributed by atoms with van der Waals surface area (Å²) in [6.45, 7) is 5.23. The van der Waals surface area contributed by atoms with E-state index in [1.54, 1.807) is 0 Å². The molecule has 0 aliphatic carbocycles. The van der Waals surface area contributed by atoms with Gasteiger partial charge in [0.05, 0.1) is 17.2 Å². The van der Waals surface area contributed by atoms with Crippen molar-refractivity contribution >= 4 is 17.6 Å². The molecule has 1 saturated heterocycles. The summed E-state index contributed by atoms with van der Waals surface area (Å²) >= 11 is 1.53. The molecule has 1 fully saturated rings. The summed E-state index contributed by atoms with van der Waals surface area (Å²) in [6.07, 6.45) is 1.87. The molecule has 1 aliphatic heterocycles. The van der Waals surface area contributed by atoms with Crippen LogP contribution in [0.25, 0.3) is 0 Å². The van der Waals surface area contributed by atoms with E-state index in [0.29, 0.717) is 53.7 Å². The van der Waals surface area contributed by atoms with Crippen LogP contribution in [0.2, 0.25) is 0 Å². The quantitative estimate of drug-likeness (QED) is 0.753. The molecule has 28 heavy (non-hydrogen) atoms. The predicted molar refractivity (Wildman–Crippen MR) is 111 cm³/mol. The Bertz CT molecular complexity index is 928. The Morgan fingerprint density at radius 1 is 1.11 bits per heavy atom. The Balaban J connectivity index is 1.96. The number of aryl methyl sites for hydroxylation is 1. The molecule has 0 amide bonds. The number of pyridine rings is 1. The Hall–Kier alpha value is -2.54. The van der Waals surface area contributed by atoms with E-state index in [9.17, 15) is 15.6 Å². The van der Waals surface area contributed by atoms with Gasteiger partial charge in [-0.3, -0.25) is 0 Å². The first-order valence-corrected chi connectivity index (χ1v) is 10.6. The third kappa shape index (κ3) is 4.14. The third-order valence-corrected chi connectivity index (χ3v) is 6.14. The molecule has 0 saturated carbocycles. The van der Waals surface area contributed by atoms with E-state index in [1.807, 2.05) is 11.8 Å². The Morgan fingerprint density at radius 3 is 2.32 bits per heavy atom. The van der Waals surface area contributed by atoms with E-state index in [-0.39, 0.29) is 0 Å². The lowest BCUT2D eigenvalue weighted by molar-refractivity contribution is 0.198. The molecular weight excluding hydrogens is 368 g/mol. The molecular formula is C22H24N4OS. The van der Waals surface area contributed by atoms with Gasteiger partial charge >= 0.3 is 0 Å². The fraction of sp³-hybridized carbons (Fsp3) is 0.409. The summed E-state index contributed by atoms with van der Waals surface area (Å²) in [7, 11) is 0. The summed E-state index contributed by atoms with van der Waals surface area (Å²) in [6, 6.07) is 13.0. The molecule has 1 aromatic heterocycles. The minimum Gasteiger partial charge on any atom is -0.391 e. The van der Waals surface area contributed by atoms with Gasteiger partial charge in [0, 0.05) is 18.8 Å². The van der Waals surface area contributed by atoms with Gasteiger partial charge in [-0.15, -0.1) is 11.8 Å². The SMILES string of the molecule is CCc1ccc(CSc2nc(N3CCC(O)C3)c(C#N)c(CC)c2C#N)cc1. The number of β-amino-alcohol motifs (C(OH)–C–C–N with tert-alkyl or cyclic N) is 1. The molecule has 0 bridgehead atoms. The highest BCUT2D eigenvalue weighted by Crippen LogP contribution is 2.34. The molecule has 6 heteroatoms. The number of benzene rings is 1. The number of aliphatic hydroxyl groups excluding tert-OH is 1. The molecule has 1 atom stereocenters. The maximum Gasteiger partial charge on any atom is 0.148 e. The van der Waals surface area contributed by atoms with Crippen molar-refractivity contribution in [2.24, 2.45) is 0 Å². The molecule has 0 spiro atoms. The standard InChI is InChI=1S/C22H24N4OS/c1-3-15-5-7-16(8-6-15)14-28-22-20(12-24)18(4-2)19(11-23)21(25-22)26-10-9-17(27)13-26/h5-8,17,27H,3-4,9-10,13-14H2,1-2H3. The fourth-order valence-corrected chi connectivity index (χ4v) is 4.43. The third-order valence-electron chi connectivity index (χ3n) is 5.10. The van der Waals surface area contributed by atoms with Crippen molar-refractivity contribution in [3.8, 4) is 12.1 Å². The van der Waals surface area contributed by atoms with E-state index < -0.39 is 6.10 Å². The molecule has 2 aromatic rings. The lowest BCUT2D eigenvalue weighted by Crippen LogP contribution is -2.24. The first-order valence-electron chi connectivity index (χ1n) is 9.61. The van der Waals surface area contributed by atoms with Crippen LogP contribution in [0.4, 0.5) is 5.82 Å². The van der Waals surface area contributed by atoms with Gasteiger partial charge in [0.25, 0.3) is 0 Å². The minimum atomic E-state index is -0.401. The molecule has 144 valence electrons. The predicted octanol–water partition coefficient (Wildman–Crippen LogP) is 3.81. The Kier molecular flexibility index (Phi) is 6.57. The number of aromatic nitrogens is 1. The van der Waals surface area contributed by atoms with Gasteiger partial charge in [0.15, 0.2) is 0 Å². The van der Waals surface area contributed by atoms with Crippen molar-refractivity contribution in [2.75, 3.05) is 18.0 Å². The Labute approximate surface area is 170 Å². The zero-order valence-electron chi connectivity index (χ0n) is 16.3. The number of nitriles is 2. The Morgan fingerprint density at radius 2 is 1.79 bits per heavy atom. The van der Waals surface area contributed by atoms with Crippen molar-refractivity contribution in [1.29, 1.82) is 10.5 Å². The maximum atomic E-state index is 9.91. The number of hydrogen-bond acceptors (Lipinski definition) is 6. The van der Waals surface area contributed by atoms with Gasteiger partial charge in [-0.25, -0.2) is 4.98 Å². The molecule has 1 aromatic carbocycles. The largest absolute Gasteiger partial charge is 0.391 e. The van der Waals surface area contributed by atoms with Crippen LogP contribution >= 0.6 is 11.8 Å². The highest BCUT2D eigenvalue weighted by Gasteiger charge is 2.27. The van der Waals surface area contributed by atoms with Crippen LogP contribution in [0.3, 0.4) is 0 Å². The number of rotatable bonds is 6. The van der Waals surface area contributed by atoms with Crippen molar-refractivity contribution in [3.05, 3.63) is 52.1 Å². The van der Waals surface area contributed by atoms with Crippen molar-refractivity contribution < 1.29 is 5.11 Å². The van der Waals surface area contributed by atoms with E-state index in [1.165, 1.54) is 22.9 Å². The number of nitrogens with zero attached hydrogens (tertiary/aromatic N) is 4. The van der Waals surface area contributed by atoms with Gasteiger partial charge in [0.2, 0.25) is 0 Å². The summed E-state index contributed by atoms with van der Waals surface area (Å²) in [5, 5.41) is 30.0. The van der Waals surface area contributed by atoms with Gasteiger partial charge in [-0.1, -0.05) is 38.1 Å². The van der Waals surface area contributed by atoms with E-state index in [0.717, 1.165) is 12.0 Å². The molecule has 3 rings (SSSR count).